The number of hydrogen-bond donors (Lipinski definition) is 1. The Labute approximate surface area is 82.1 Å². The van der Waals surface area contributed by atoms with E-state index in [0.717, 1.165) is 25.9 Å². The fourth-order valence-corrected chi connectivity index (χ4v) is 1.55. The Morgan fingerprint density at radius 2 is 1.77 bits per heavy atom. The molecular formula is C11H23NO. The zero-order valence-corrected chi connectivity index (χ0v) is 9.39. The van der Waals surface area contributed by atoms with Crippen molar-refractivity contribution in [2.75, 3.05) is 13.1 Å². The average Bonchev–Trinajstić information content (AvgIpc) is 2.15. The highest BCUT2D eigenvalue weighted by molar-refractivity contribution is 5.83. The molecule has 0 radical (unpaired) electrons. The third kappa shape index (κ3) is 4.41. The van der Waals surface area contributed by atoms with E-state index < -0.39 is 0 Å². The van der Waals surface area contributed by atoms with Crippen LogP contribution in [-0.4, -0.2) is 18.9 Å². The van der Waals surface area contributed by atoms with Gasteiger partial charge in [0.15, 0.2) is 0 Å². The highest BCUT2D eigenvalue weighted by Gasteiger charge is 2.19. The Morgan fingerprint density at radius 3 is 2.15 bits per heavy atom. The lowest BCUT2D eigenvalue weighted by atomic mass is 9.90. The maximum absolute atomic E-state index is 11.8. The summed E-state index contributed by atoms with van der Waals surface area (Å²) >= 11 is 0. The first-order chi connectivity index (χ1) is 6.17. The Bertz CT molecular complexity index is 141. The predicted molar refractivity (Wildman–Crippen MR) is 56.8 cm³/mol. The second kappa shape index (κ2) is 7.07. The van der Waals surface area contributed by atoms with Crippen LogP contribution in [0.1, 0.15) is 40.5 Å². The van der Waals surface area contributed by atoms with Gasteiger partial charge in [-0.1, -0.05) is 27.7 Å². The van der Waals surface area contributed by atoms with Crippen LogP contribution in [0.5, 0.6) is 0 Å². The third-order valence-electron chi connectivity index (χ3n) is 2.57. The minimum absolute atomic E-state index is 0.171. The SMILES string of the molecule is CCNCC(C)C(=O)C(CC)CC. The van der Waals surface area contributed by atoms with Crippen molar-refractivity contribution in [2.45, 2.75) is 40.5 Å². The van der Waals surface area contributed by atoms with Gasteiger partial charge in [0.1, 0.15) is 5.78 Å². The standard InChI is InChI=1S/C11H23NO/c1-5-10(6-2)11(13)9(4)8-12-7-3/h9-10,12H,5-8H2,1-4H3. The lowest BCUT2D eigenvalue weighted by molar-refractivity contribution is -0.126. The Hall–Kier alpha value is -0.370. The number of hydrogen-bond acceptors (Lipinski definition) is 2. The van der Waals surface area contributed by atoms with Crippen LogP contribution in [-0.2, 0) is 4.79 Å². The van der Waals surface area contributed by atoms with Gasteiger partial charge >= 0.3 is 0 Å². The Kier molecular flexibility index (Phi) is 6.87. The van der Waals surface area contributed by atoms with Gasteiger partial charge < -0.3 is 5.32 Å². The fourth-order valence-electron chi connectivity index (χ4n) is 1.55. The zero-order valence-electron chi connectivity index (χ0n) is 9.39. The molecule has 0 aromatic heterocycles. The van der Waals surface area contributed by atoms with Crippen LogP contribution in [0.4, 0.5) is 0 Å². The number of ketones is 1. The number of Topliss-reactive ketones (excluding diaryl/α,β-unsaturated/α-hetero) is 1. The van der Waals surface area contributed by atoms with E-state index in [1.807, 2.05) is 6.92 Å². The van der Waals surface area contributed by atoms with Crippen molar-refractivity contribution >= 4 is 5.78 Å². The van der Waals surface area contributed by atoms with Crippen LogP contribution in [0.25, 0.3) is 0 Å². The molecule has 0 heterocycles. The first-order valence-electron chi connectivity index (χ1n) is 5.41. The molecule has 1 N–H and O–H groups in total. The van der Waals surface area contributed by atoms with Crippen LogP contribution in [0, 0.1) is 11.8 Å². The van der Waals surface area contributed by atoms with Crippen molar-refractivity contribution in [2.24, 2.45) is 11.8 Å². The molecule has 0 aromatic rings. The van der Waals surface area contributed by atoms with E-state index >= 15 is 0 Å². The summed E-state index contributed by atoms with van der Waals surface area (Å²) in [7, 11) is 0. The van der Waals surface area contributed by atoms with Gasteiger partial charge in [0, 0.05) is 18.4 Å². The summed E-state index contributed by atoms with van der Waals surface area (Å²) in [6, 6.07) is 0. The molecule has 0 amide bonds. The first-order valence-corrected chi connectivity index (χ1v) is 5.41. The molecule has 2 nitrogen and oxygen atoms in total. The highest BCUT2D eigenvalue weighted by Crippen LogP contribution is 2.14. The van der Waals surface area contributed by atoms with Crippen LogP contribution in [0.2, 0.25) is 0 Å². The maximum Gasteiger partial charge on any atom is 0.140 e. The smallest absolute Gasteiger partial charge is 0.140 e. The van der Waals surface area contributed by atoms with Crippen molar-refractivity contribution in [3.05, 3.63) is 0 Å². The van der Waals surface area contributed by atoms with Crippen molar-refractivity contribution in [1.82, 2.24) is 5.32 Å². The van der Waals surface area contributed by atoms with Crippen molar-refractivity contribution in [1.29, 1.82) is 0 Å². The maximum atomic E-state index is 11.8. The number of carbonyl (C=O) groups excluding carboxylic acids is 1. The molecule has 0 rings (SSSR count). The Morgan fingerprint density at radius 1 is 1.23 bits per heavy atom. The summed E-state index contributed by atoms with van der Waals surface area (Å²) in [5.74, 6) is 0.865. The van der Waals surface area contributed by atoms with Crippen LogP contribution >= 0.6 is 0 Å². The van der Waals surface area contributed by atoms with Gasteiger partial charge in [0.25, 0.3) is 0 Å². The third-order valence-corrected chi connectivity index (χ3v) is 2.57. The molecule has 1 unspecified atom stereocenters. The van der Waals surface area contributed by atoms with E-state index in [0.29, 0.717) is 5.78 Å². The minimum atomic E-state index is 0.171. The van der Waals surface area contributed by atoms with E-state index in [1.54, 1.807) is 0 Å². The predicted octanol–water partition coefficient (Wildman–Crippen LogP) is 2.24. The molecule has 0 aliphatic carbocycles. The van der Waals surface area contributed by atoms with Gasteiger partial charge in [-0.3, -0.25) is 4.79 Å². The molecule has 0 bridgehead atoms. The minimum Gasteiger partial charge on any atom is -0.316 e. The molecule has 13 heavy (non-hydrogen) atoms. The summed E-state index contributed by atoms with van der Waals surface area (Å²) in [6.45, 7) is 10.0. The van der Waals surface area contributed by atoms with Gasteiger partial charge in [0.2, 0.25) is 0 Å². The van der Waals surface area contributed by atoms with Gasteiger partial charge in [0.05, 0.1) is 0 Å². The molecule has 0 spiro atoms. The lowest BCUT2D eigenvalue weighted by Crippen LogP contribution is -2.30. The van der Waals surface area contributed by atoms with Gasteiger partial charge in [-0.2, -0.15) is 0 Å². The molecule has 0 saturated heterocycles. The van der Waals surface area contributed by atoms with Gasteiger partial charge in [-0.25, -0.2) is 0 Å². The summed E-state index contributed by atoms with van der Waals surface area (Å²) < 4.78 is 0. The van der Waals surface area contributed by atoms with E-state index in [4.69, 9.17) is 0 Å². The second-order valence-corrected chi connectivity index (χ2v) is 3.62. The topological polar surface area (TPSA) is 29.1 Å². The molecule has 2 heteroatoms. The van der Waals surface area contributed by atoms with Gasteiger partial charge in [-0.15, -0.1) is 0 Å². The second-order valence-electron chi connectivity index (χ2n) is 3.62. The van der Waals surface area contributed by atoms with Crippen molar-refractivity contribution in [3.8, 4) is 0 Å². The quantitative estimate of drug-likeness (QED) is 0.659. The molecular weight excluding hydrogens is 162 g/mol. The molecule has 0 aromatic carbocycles. The zero-order chi connectivity index (χ0) is 10.3. The van der Waals surface area contributed by atoms with Crippen LogP contribution in [0.3, 0.4) is 0 Å². The van der Waals surface area contributed by atoms with Gasteiger partial charge in [-0.05, 0) is 19.4 Å². The molecule has 1 atom stereocenters. The van der Waals surface area contributed by atoms with Crippen LogP contribution < -0.4 is 5.32 Å². The Balaban J connectivity index is 3.92. The summed E-state index contributed by atoms with van der Waals surface area (Å²) in [6.07, 6.45) is 1.96. The molecule has 78 valence electrons. The normalized spacial score (nSPS) is 13.3. The van der Waals surface area contributed by atoms with E-state index in [-0.39, 0.29) is 11.8 Å². The molecule has 0 saturated carbocycles. The van der Waals surface area contributed by atoms with E-state index in [2.05, 4.69) is 26.1 Å². The average molecular weight is 185 g/mol. The summed E-state index contributed by atoms with van der Waals surface area (Å²) in [5, 5.41) is 3.21. The summed E-state index contributed by atoms with van der Waals surface area (Å²) in [4.78, 5) is 11.8. The van der Waals surface area contributed by atoms with Crippen LogP contribution in [0.15, 0.2) is 0 Å². The summed E-state index contributed by atoms with van der Waals surface area (Å²) in [5.41, 5.74) is 0. The van der Waals surface area contributed by atoms with E-state index in [9.17, 15) is 4.79 Å². The molecule has 0 aliphatic rings. The molecule has 0 aliphatic heterocycles. The highest BCUT2D eigenvalue weighted by atomic mass is 16.1. The fraction of sp³-hybridized carbons (Fsp3) is 0.909. The number of nitrogens with one attached hydrogen (secondary N) is 1. The van der Waals surface area contributed by atoms with Crippen molar-refractivity contribution in [3.63, 3.8) is 0 Å². The first kappa shape index (κ1) is 12.6. The lowest BCUT2D eigenvalue weighted by Gasteiger charge is -2.17. The largest absolute Gasteiger partial charge is 0.316 e. The monoisotopic (exact) mass is 185 g/mol. The number of carbonyl (C=O) groups is 1. The molecule has 0 fully saturated rings. The van der Waals surface area contributed by atoms with E-state index in [1.165, 1.54) is 0 Å². The number of rotatable bonds is 7. The van der Waals surface area contributed by atoms with Crippen molar-refractivity contribution < 1.29 is 4.79 Å².